The number of carbonyl (C=O) groups is 4. The molecule has 6 rings (SSSR count). The Kier molecular flexibility index (Phi) is 7.57. The van der Waals surface area contributed by atoms with E-state index < -0.39 is 29.7 Å². The molecular weight excluding hydrogens is 551 g/mol. The molecule has 0 bridgehead atoms. The van der Waals surface area contributed by atoms with E-state index in [4.69, 9.17) is 5.73 Å². The molecule has 222 valence electrons. The molecular formula is C32H33FN6O4. The van der Waals surface area contributed by atoms with Crippen LogP contribution in [0.1, 0.15) is 50.2 Å². The Balaban J connectivity index is 1.05. The molecule has 0 aliphatic carbocycles. The monoisotopic (exact) mass is 584 g/mol. The molecule has 0 saturated carbocycles. The molecule has 3 aromatic rings. The van der Waals surface area contributed by atoms with E-state index in [1.54, 1.807) is 24.3 Å². The summed E-state index contributed by atoms with van der Waals surface area (Å²) in [5, 5.41) is 5.50. The lowest BCUT2D eigenvalue weighted by molar-refractivity contribution is -0.136. The molecule has 3 aliphatic heterocycles. The average Bonchev–Trinajstić information content (AvgIpc) is 3.23. The number of nitrogens with two attached hydrogens (primary N) is 1. The van der Waals surface area contributed by atoms with Crippen LogP contribution in [-0.2, 0) is 22.7 Å². The highest BCUT2D eigenvalue weighted by Crippen LogP contribution is 2.33. The first-order chi connectivity index (χ1) is 20.7. The van der Waals surface area contributed by atoms with Gasteiger partial charge in [0.1, 0.15) is 11.9 Å². The fraction of sp³-hybridized carbons (Fsp3) is 0.312. The van der Waals surface area contributed by atoms with Gasteiger partial charge in [0.15, 0.2) is 0 Å². The topological polar surface area (TPSA) is 128 Å². The Morgan fingerprint density at radius 1 is 0.953 bits per heavy atom. The number of rotatable bonds is 7. The first-order valence-electron chi connectivity index (χ1n) is 14.4. The third kappa shape index (κ3) is 5.55. The molecule has 11 heteroatoms. The SMILES string of the molecule is Cc1cc(N)cc(F)c1N1CCN(Cc2ccc(CNc3cccc4c3C(=O)N(C3CCC(=O)NC3=O)C4=O)cc2)CC1. The number of hydrogen-bond donors (Lipinski definition) is 3. The molecule has 2 saturated heterocycles. The second kappa shape index (κ2) is 11.5. The van der Waals surface area contributed by atoms with Gasteiger partial charge in [0.2, 0.25) is 11.8 Å². The summed E-state index contributed by atoms with van der Waals surface area (Å²) in [5.74, 6) is -2.39. The summed E-state index contributed by atoms with van der Waals surface area (Å²) in [4.78, 5) is 55.7. The Bertz CT molecular complexity index is 1590. The van der Waals surface area contributed by atoms with Crippen LogP contribution in [0.25, 0.3) is 0 Å². The van der Waals surface area contributed by atoms with Crippen molar-refractivity contribution in [1.82, 2.24) is 15.1 Å². The minimum atomic E-state index is -1.00. The van der Waals surface area contributed by atoms with E-state index in [0.717, 1.165) is 54.3 Å². The molecule has 1 atom stereocenters. The lowest BCUT2D eigenvalue weighted by Gasteiger charge is -2.37. The standard InChI is InChI=1S/C32H33FN6O4/c1-19-15-22(34)16-24(33)29(19)38-13-11-37(12-14-38)18-21-7-5-20(6-8-21)17-35-25-4-2-3-23-28(25)32(43)39(31(23)42)26-9-10-27(40)36-30(26)41/h2-8,15-16,26,35H,9-14,17-18,34H2,1H3,(H,36,40,41). The van der Waals surface area contributed by atoms with Gasteiger partial charge in [-0.25, -0.2) is 4.39 Å². The van der Waals surface area contributed by atoms with Crippen molar-refractivity contribution < 1.29 is 23.6 Å². The van der Waals surface area contributed by atoms with E-state index in [0.29, 0.717) is 23.6 Å². The Morgan fingerprint density at radius 3 is 2.37 bits per heavy atom. The zero-order valence-electron chi connectivity index (χ0n) is 23.9. The van der Waals surface area contributed by atoms with Crippen molar-refractivity contribution in [2.24, 2.45) is 0 Å². The van der Waals surface area contributed by atoms with Crippen molar-refractivity contribution in [2.45, 2.75) is 38.9 Å². The summed E-state index contributed by atoms with van der Waals surface area (Å²) >= 11 is 0. The number of imide groups is 2. The van der Waals surface area contributed by atoms with Crippen LogP contribution in [-0.4, -0.2) is 65.6 Å². The zero-order valence-corrected chi connectivity index (χ0v) is 23.9. The fourth-order valence-corrected chi connectivity index (χ4v) is 6.17. The quantitative estimate of drug-likeness (QED) is 0.286. The minimum Gasteiger partial charge on any atom is -0.399 e. The number of fused-ring (bicyclic) bond motifs is 1. The van der Waals surface area contributed by atoms with Crippen molar-refractivity contribution in [2.75, 3.05) is 42.1 Å². The molecule has 2 fully saturated rings. The summed E-state index contributed by atoms with van der Waals surface area (Å²) in [7, 11) is 0. The maximum atomic E-state index is 14.6. The molecule has 4 N–H and O–H groups in total. The summed E-state index contributed by atoms with van der Waals surface area (Å²) in [6.45, 7) is 6.19. The zero-order chi connectivity index (χ0) is 30.2. The number of nitrogen functional groups attached to an aromatic ring is 1. The average molecular weight is 585 g/mol. The summed E-state index contributed by atoms with van der Waals surface area (Å²) in [6, 6.07) is 15.4. The molecule has 0 radical (unpaired) electrons. The second-order valence-electron chi connectivity index (χ2n) is 11.3. The lowest BCUT2D eigenvalue weighted by atomic mass is 10.0. The molecule has 43 heavy (non-hydrogen) atoms. The lowest BCUT2D eigenvalue weighted by Crippen LogP contribution is -2.54. The molecule has 0 aromatic heterocycles. The van der Waals surface area contributed by atoms with Crippen LogP contribution in [0, 0.1) is 12.7 Å². The van der Waals surface area contributed by atoms with Crippen LogP contribution >= 0.6 is 0 Å². The first-order valence-corrected chi connectivity index (χ1v) is 14.4. The predicted molar refractivity (Wildman–Crippen MR) is 160 cm³/mol. The number of benzene rings is 3. The number of nitrogens with one attached hydrogen (secondary N) is 2. The normalized spacial score (nSPS) is 19.1. The predicted octanol–water partition coefficient (Wildman–Crippen LogP) is 3.05. The number of nitrogens with zero attached hydrogens (tertiary/aromatic N) is 3. The van der Waals surface area contributed by atoms with Crippen LogP contribution in [0.4, 0.5) is 21.5 Å². The van der Waals surface area contributed by atoms with Crippen molar-refractivity contribution >= 4 is 40.7 Å². The third-order valence-electron chi connectivity index (χ3n) is 8.35. The van der Waals surface area contributed by atoms with Crippen molar-refractivity contribution in [3.8, 4) is 0 Å². The van der Waals surface area contributed by atoms with Crippen LogP contribution in [0.5, 0.6) is 0 Å². The highest BCUT2D eigenvalue weighted by atomic mass is 19.1. The van der Waals surface area contributed by atoms with E-state index in [1.807, 2.05) is 19.1 Å². The van der Waals surface area contributed by atoms with Crippen LogP contribution < -0.4 is 21.3 Å². The minimum absolute atomic E-state index is 0.0738. The molecule has 10 nitrogen and oxygen atoms in total. The van der Waals surface area contributed by atoms with Gasteiger partial charge in [-0.1, -0.05) is 30.3 Å². The van der Waals surface area contributed by atoms with Crippen LogP contribution in [0.15, 0.2) is 54.6 Å². The van der Waals surface area contributed by atoms with Gasteiger partial charge in [0.25, 0.3) is 11.8 Å². The van der Waals surface area contributed by atoms with Gasteiger partial charge >= 0.3 is 0 Å². The van der Waals surface area contributed by atoms with Gasteiger partial charge in [-0.2, -0.15) is 0 Å². The van der Waals surface area contributed by atoms with Crippen molar-refractivity contribution in [3.63, 3.8) is 0 Å². The Labute approximate surface area is 248 Å². The molecule has 4 amide bonds. The molecule has 3 aliphatic rings. The Hall–Kier alpha value is -4.77. The maximum Gasteiger partial charge on any atom is 0.264 e. The van der Waals surface area contributed by atoms with E-state index in [-0.39, 0.29) is 29.8 Å². The largest absolute Gasteiger partial charge is 0.399 e. The maximum absolute atomic E-state index is 14.6. The number of amides is 4. The van der Waals surface area contributed by atoms with Gasteiger partial charge in [-0.3, -0.25) is 34.3 Å². The third-order valence-corrected chi connectivity index (χ3v) is 8.35. The molecule has 0 spiro atoms. The van der Waals surface area contributed by atoms with Gasteiger partial charge in [0.05, 0.1) is 16.8 Å². The molecule has 1 unspecified atom stereocenters. The van der Waals surface area contributed by atoms with Crippen molar-refractivity contribution in [1.29, 1.82) is 0 Å². The number of hydrogen-bond acceptors (Lipinski definition) is 8. The summed E-state index contributed by atoms with van der Waals surface area (Å²) < 4.78 is 14.6. The van der Waals surface area contributed by atoms with Gasteiger partial charge in [0, 0.05) is 57.1 Å². The highest BCUT2D eigenvalue weighted by Gasteiger charge is 2.45. The van der Waals surface area contributed by atoms with Gasteiger partial charge < -0.3 is 16.0 Å². The number of carbonyl (C=O) groups excluding carboxylic acids is 4. The second-order valence-corrected chi connectivity index (χ2v) is 11.3. The van der Waals surface area contributed by atoms with Crippen LogP contribution in [0.2, 0.25) is 0 Å². The molecule has 3 aromatic carbocycles. The fourth-order valence-electron chi connectivity index (χ4n) is 6.17. The Morgan fingerprint density at radius 2 is 1.67 bits per heavy atom. The van der Waals surface area contributed by atoms with E-state index in [1.165, 1.54) is 6.07 Å². The number of piperidine rings is 1. The van der Waals surface area contributed by atoms with Crippen LogP contribution in [0.3, 0.4) is 0 Å². The van der Waals surface area contributed by atoms with Gasteiger partial charge in [-0.15, -0.1) is 0 Å². The van der Waals surface area contributed by atoms with E-state index in [2.05, 4.69) is 32.6 Å². The van der Waals surface area contributed by atoms with Crippen molar-refractivity contribution in [3.05, 3.63) is 88.2 Å². The highest BCUT2D eigenvalue weighted by molar-refractivity contribution is 6.25. The number of halogens is 1. The van der Waals surface area contributed by atoms with E-state index in [9.17, 15) is 23.6 Å². The number of anilines is 3. The summed E-state index contributed by atoms with van der Waals surface area (Å²) in [6.07, 6.45) is 0.187. The molecule has 3 heterocycles. The number of piperazine rings is 1. The first kappa shape index (κ1) is 28.4. The van der Waals surface area contributed by atoms with Gasteiger partial charge in [-0.05, 0) is 54.3 Å². The number of aryl methyl sites for hydroxylation is 1. The summed E-state index contributed by atoms with van der Waals surface area (Å²) in [5.41, 5.74) is 10.8. The van der Waals surface area contributed by atoms with E-state index >= 15 is 0 Å². The smallest absolute Gasteiger partial charge is 0.264 e.